The van der Waals surface area contributed by atoms with Gasteiger partial charge in [-0.3, -0.25) is 0 Å². The Morgan fingerprint density at radius 2 is 2.14 bits per heavy atom. The van der Waals surface area contributed by atoms with E-state index in [2.05, 4.69) is 50.5 Å². The Hall–Kier alpha value is -1.28. The zero-order valence-corrected chi connectivity index (χ0v) is 13.5. The highest BCUT2D eigenvalue weighted by atomic mass is 16.3. The predicted octanol–water partition coefficient (Wildman–Crippen LogP) is 5.22. The van der Waals surface area contributed by atoms with Crippen molar-refractivity contribution >= 4 is 11.0 Å². The molecule has 2 heteroatoms. The molecule has 2 nitrogen and oxygen atoms in total. The molecule has 3 unspecified atom stereocenters. The summed E-state index contributed by atoms with van der Waals surface area (Å²) in [7, 11) is 2.07. The first-order valence-corrected chi connectivity index (χ1v) is 8.38. The maximum absolute atomic E-state index is 6.14. The number of fused-ring (bicyclic) bond motifs is 1. The quantitative estimate of drug-likeness (QED) is 0.833. The normalized spacial score (nSPS) is 24.3. The van der Waals surface area contributed by atoms with Gasteiger partial charge in [-0.25, -0.2) is 0 Å². The Bertz CT molecular complexity index is 601. The third-order valence-corrected chi connectivity index (χ3v) is 5.18. The number of aryl methyl sites for hydroxylation is 1. The van der Waals surface area contributed by atoms with Crippen LogP contribution in [-0.4, -0.2) is 7.05 Å². The summed E-state index contributed by atoms with van der Waals surface area (Å²) >= 11 is 0. The standard InChI is InChI=1S/C19H27NO/c1-4-14-6-5-7-15(11-14)19(20-3)18-12-16-10-13(2)8-9-17(16)21-18/h8-10,12,14-15,19-20H,4-7,11H2,1-3H3. The van der Waals surface area contributed by atoms with Crippen LogP contribution in [0.3, 0.4) is 0 Å². The van der Waals surface area contributed by atoms with E-state index in [1.807, 2.05) is 0 Å². The molecule has 3 rings (SSSR count). The summed E-state index contributed by atoms with van der Waals surface area (Å²) in [5.41, 5.74) is 2.30. The van der Waals surface area contributed by atoms with Gasteiger partial charge >= 0.3 is 0 Å². The number of rotatable bonds is 4. The SMILES string of the molecule is CCC1CCCC(C(NC)c2cc3cc(C)ccc3o2)C1. The molecular weight excluding hydrogens is 258 g/mol. The average molecular weight is 285 g/mol. The van der Waals surface area contributed by atoms with E-state index in [9.17, 15) is 0 Å². The van der Waals surface area contributed by atoms with Crippen molar-refractivity contribution in [2.75, 3.05) is 7.05 Å². The van der Waals surface area contributed by atoms with Crippen LogP contribution in [0.2, 0.25) is 0 Å². The molecule has 1 aromatic heterocycles. The predicted molar refractivity (Wildman–Crippen MR) is 88.5 cm³/mol. The molecule has 0 saturated heterocycles. The highest BCUT2D eigenvalue weighted by Crippen LogP contribution is 2.39. The third-order valence-electron chi connectivity index (χ3n) is 5.18. The van der Waals surface area contributed by atoms with Gasteiger partial charge in [0, 0.05) is 5.39 Å². The van der Waals surface area contributed by atoms with Crippen LogP contribution >= 0.6 is 0 Å². The van der Waals surface area contributed by atoms with Gasteiger partial charge in [-0.1, -0.05) is 37.8 Å². The number of hydrogen-bond acceptors (Lipinski definition) is 2. The molecule has 1 fully saturated rings. The van der Waals surface area contributed by atoms with Crippen LogP contribution in [0.25, 0.3) is 11.0 Å². The Morgan fingerprint density at radius 3 is 2.90 bits per heavy atom. The molecule has 2 aromatic rings. The van der Waals surface area contributed by atoms with Crippen molar-refractivity contribution in [2.45, 2.75) is 52.0 Å². The molecule has 1 N–H and O–H groups in total. The molecular formula is C19H27NO. The molecule has 0 radical (unpaired) electrons. The minimum atomic E-state index is 0.354. The molecule has 1 heterocycles. The lowest BCUT2D eigenvalue weighted by atomic mass is 9.76. The number of benzene rings is 1. The van der Waals surface area contributed by atoms with E-state index in [4.69, 9.17) is 4.42 Å². The highest BCUT2D eigenvalue weighted by molar-refractivity contribution is 5.78. The molecule has 0 amide bonds. The molecule has 1 aliphatic rings. The molecule has 1 aliphatic carbocycles. The Labute approximate surface area is 127 Å². The minimum absolute atomic E-state index is 0.354. The zero-order valence-electron chi connectivity index (χ0n) is 13.5. The van der Waals surface area contributed by atoms with E-state index in [-0.39, 0.29) is 0 Å². The van der Waals surface area contributed by atoms with Gasteiger partial charge in [0.25, 0.3) is 0 Å². The second-order valence-corrected chi connectivity index (χ2v) is 6.66. The number of hydrogen-bond donors (Lipinski definition) is 1. The van der Waals surface area contributed by atoms with Gasteiger partial charge in [-0.05, 0) is 56.8 Å². The zero-order chi connectivity index (χ0) is 14.8. The van der Waals surface area contributed by atoms with E-state index in [1.54, 1.807) is 0 Å². The largest absolute Gasteiger partial charge is 0.459 e. The maximum atomic E-state index is 6.14. The van der Waals surface area contributed by atoms with Crippen LogP contribution in [0.1, 0.15) is 56.4 Å². The summed E-state index contributed by atoms with van der Waals surface area (Å²) in [6.07, 6.45) is 6.73. The molecule has 21 heavy (non-hydrogen) atoms. The van der Waals surface area contributed by atoms with Crippen molar-refractivity contribution in [1.29, 1.82) is 0 Å². The maximum Gasteiger partial charge on any atom is 0.134 e. The smallest absolute Gasteiger partial charge is 0.134 e. The fourth-order valence-electron chi connectivity index (χ4n) is 3.95. The minimum Gasteiger partial charge on any atom is -0.459 e. The van der Waals surface area contributed by atoms with Crippen LogP contribution in [0.5, 0.6) is 0 Å². The van der Waals surface area contributed by atoms with Gasteiger partial charge < -0.3 is 9.73 Å². The van der Waals surface area contributed by atoms with Gasteiger partial charge in [-0.2, -0.15) is 0 Å². The van der Waals surface area contributed by atoms with E-state index in [0.717, 1.165) is 17.3 Å². The van der Waals surface area contributed by atoms with E-state index >= 15 is 0 Å². The summed E-state index contributed by atoms with van der Waals surface area (Å²) in [6, 6.07) is 9.02. The van der Waals surface area contributed by atoms with E-state index in [1.165, 1.54) is 43.1 Å². The average Bonchev–Trinajstić information content (AvgIpc) is 2.91. The van der Waals surface area contributed by atoms with Gasteiger partial charge in [-0.15, -0.1) is 0 Å². The summed E-state index contributed by atoms with van der Waals surface area (Å²) in [6.45, 7) is 4.46. The first kappa shape index (κ1) is 14.6. The van der Waals surface area contributed by atoms with Crippen molar-refractivity contribution in [2.24, 2.45) is 11.8 Å². The van der Waals surface area contributed by atoms with Crippen molar-refractivity contribution < 1.29 is 4.42 Å². The molecule has 1 aromatic carbocycles. The molecule has 0 aliphatic heterocycles. The second-order valence-electron chi connectivity index (χ2n) is 6.66. The summed E-state index contributed by atoms with van der Waals surface area (Å²) < 4.78 is 6.14. The van der Waals surface area contributed by atoms with Crippen molar-refractivity contribution in [3.63, 3.8) is 0 Å². The van der Waals surface area contributed by atoms with Gasteiger partial charge in [0.1, 0.15) is 11.3 Å². The highest BCUT2D eigenvalue weighted by Gasteiger charge is 2.29. The lowest BCUT2D eigenvalue weighted by Crippen LogP contribution is -2.29. The molecule has 0 bridgehead atoms. The van der Waals surface area contributed by atoms with Crippen LogP contribution < -0.4 is 5.32 Å². The van der Waals surface area contributed by atoms with Crippen molar-refractivity contribution in [3.8, 4) is 0 Å². The number of furan rings is 1. The molecule has 0 spiro atoms. The first-order chi connectivity index (χ1) is 10.2. The Balaban J connectivity index is 1.87. The van der Waals surface area contributed by atoms with Gasteiger partial charge in [0.2, 0.25) is 0 Å². The fraction of sp³-hybridized carbons (Fsp3) is 0.579. The topological polar surface area (TPSA) is 25.2 Å². The molecule has 1 saturated carbocycles. The monoisotopic (exact) mass is 285 g/mol. The number of nitrogens with one attached hydrogen (secondary N) is 1. The molecule has 114 valence electrons. The van der Waals surface area contributed by atoms with E-state index < -0.39 is 0 Å². The Kier molecular flexibility index (Phi) is 4.34. The second kappa shape index (κ2) is 6.23. The fourth-order valence-corrected chi connectivity index (χ4v) is 3.95. The van der Waals surface area contributed by atoms with E-state index in [0.29, 0.717) is 12.0 Å². The first-order valence-electron chi connectivity index (χ1n) is 8.38. The summed E-state index contributed by atoms with van der Waals surface area (Å²) in [5, 5.41) is 4.74. The third kappa shape index (κ3) is 3.01. The molecule has 3 atom stereocenters. The van der Waals surface area contributed by atoms with Gasteiger partial charge in [0.15, 0.2) is 0 Å². The summed E-state index contributed by atoms with van der Waals surface area (Å²) in [4.78, 5) is 0. The van der Waals surface area contributed by atoms with Gasteiger partial charge in [0.05, 0.1) is 6.04 Å². The lowest BCUT2D eigenvalue weighted by molar-refractivity contribution is 0.201. The Morgan fingerprint density at radius 1 is 1.29 bits per heavy atom. The van der Waals surface area contributed by atoms with Crippen molar-refractivity contribution in [1.82, 2.24) is 5.32 Å². The van der Waals surface area contributed by atoms with Crippen LogP contribution in [0, 0.1) is 18.8 Å². The van der Waals surface area contributed by atoms with Crippen LogP contribution in [-0.2, 0) is 0 Å². The van der Waals surface area contributed by atoms with Crippen LogP contribution in [0.4, 0.5) is 0 Å². The van der Waals surface area contributed by atoms with Crippen LogP contribution in [0.15, 0.2) is 28.7 Å². The summed E-state index contributed by atoms with van der Waals surface area (Å²) in [5.74, 6) is 2.71. The van der Waals surface area contributed by atoms with Crippen molar-refractivity contribution in [3.05, 3.63) is 35.6 Å². The lowest BCUT2D eigenvalue weighted by Gasteiger charge is -2.33.